The van der Waals surface area contributed by atoms with Crippen LogP contribution in [-0.2, 0) is 0 Å². The highest BCUT2D eigenvalue weighted by atomic mass is 15.2. The van der Waals surface area contributed by atoms with Crippen LogP contribution in [-0.4, -0.2) is 10.6 Å². The molecule has 9 aromatic carbocycles. The summed E-state index contributed by atoms with van der Waals surface area (Å²) in [5.74, 6) is 0.212. The van der Waals surface area contributed by atoms with Crippen molar-refractivity contribution in [2.45, 2.75) is 13.0 Å². The molecule has 0 saturated carbocycles. The Morgan fingerprint density at radius 3 is 1.60 bits per heavy atom. The first-order valence-electron chi connectivity index (χ1n) is 22.0. The van der Waals surface area contributed by atoms with Gasteiger partial charge in [0.25, 0.3) is 0 Å². The smallest absolute Gasteiger partial charge is 0.0585 e. The molecule has 11 rings (SSSR count). The van der Waals surface area contributed by atoms with Crippen molar-refractivity contribution in [3.63, 3.8) is 0 Å². The number of aromatic nitrogens is 1. The number of hydrogen-bond donors (Lipinski definition) is 0. The molecule has 2 unspecified atom stereocenters. The summed E-state index contributed by atoms with van der Waals surface area (Å²) in [4.78, 5) is 2.54. The Hall–Kier alpha value is -7.94. The van der Waals surface area contributed by atoms with Crippen LogP contribution in [0.5, 0.6) is 0 Å². The van der Waals surface area contributed by atoms with Crippen LogP contribution in [0.4, 0.5) is 11.4 Å². The van der Waals surface area contributed by atoms with Crippen molar-refractivity contribution >= 4 is 38.8 Å². The average Bonchev–Trinajstić information content (AvgIpc) is 3.70. The van der Waals surface area contributed by atoms with Crippen LogP contribution >= 0.6 is 0 Å². The molecule has 300 valence electrons. The Morgan fingerprint density at radius 2 is 0.921 bits per heavy atom. The van der Waals surface area contributed by atoms with Crippen molar-refractivity contribution in [2.75, 3.05) is 4.90 Å². The summed E-state index contributed by atoms with van der Waals surface area (Å²) in [5.41, 5.74) is 18.1. The van der Waals surface area contributed by atoms with Crippen molar-refractivity contribution < 1.29 is 0 Å². The standard InChI is InChI=1S/C61H46N2/c1-43-39-51(50-24-14-22-48(41-50)45-19-7-3-8-20-45)35-38-58(43)62(54-36-33-46(34-37-54)49-23-13-21-47(40-49)44-17-5-2-6-18-44)55-28-15-25-52(42-55)56-30-16-32-60-61(56)57-29-11-12-31-59(57)63(60)53-26-9-4-10-27-53/h2-43,58H,1H3. The van der Waals surface area contributed by atoms with E-state index in [2.05, 4.69) is 265 Å². The normalized spacial score (nSPS) is 14.8. The number of hydrogen-bond acceptors (Lipinski definition) is 1. The van der Waals surface area contributed by atoms with Crippen molar-refractivity contribution in [1.29, 1.82) is 0 Å². The molecule has 2 nitrogen and oxygen atoms in total. The van der Waals surface area contributed by atoms with Gasteiger partial charge in [-0.3, -0.25) is 0 Å². The van der Waals surface area contributed by atoms with Crippen molar-refractivity contribution in [1.82, 2.24) is 4.57 Å². The second kappa shape index (κ2) is 16.5. The van der Waals surface area contributed by atoms with Crippen molar-refractivity contribution in [2.24, 2.45) is 5.92 Å². The van der Waals surface area contributed by atoms with Gasteiger partial charge in [0.2, 0.25) is 0 Å². The maximum atomic E-state index is 2.54. The quantitative estimate of drug-likeness (QED) is 0.141. The van der Waals surface area contributed by atoms with E-state index in [0.29, 0.717) is 0 Å². The lowest BCUT2D eigenvalue weighted by molar-refractivity contribution is 0.611. The molecule has 0 spiro atoms. The molecule has 10 aromatic rings. The van der Waals surface area contributed by atoms with Gasteiger partial charge in [0.05, 0.1) is 17.1 Å². The van der Waals surface area contributed by atoms with Gasteiger partial charge in [-0.2, -0.15) is 0 Å². The van der Waals surface area contributed by atoms with E-state index in [9.17, 15) is 0 Å². The highest BCUT2D eigenvalue weighted by Gasteiger charge is 2.27. The number of allylic oxidation sites excluding steroid dienone is 2. The Balaban J connectivity index is 1.01. The zero-order valence-electron chi connectivity index (χ0n) is 35.2. The summed E-state index contributed by atoms with van der Waals surface area (Å²) < 4.78 is 2.40. The fourth-order valence-corrected chi connectivity index (χ4v) is 9.59. The highest BCUT2D eigenvalue weighted by molar-refractivity contribution is 6.15. The van der Waals surface area contributed by atoms with E-state index in [-0.39, 0.29) is 12.0 Å². The second-order valence-electron chi connectivity index (χ2n) is 16.6. The predicted octanol–water partition coefficient (Wildman–Crippen LogP) is 16.2. The first kappa shape index (κ1) is 38.0. The molecule has 0 radical (unpaired) electrons. The maximum absolute atomic E-state index is 2.54. The summed E-state index contributed by atoms with van der Waals surface area (Å²) in [6, 6.07) is 83.7. The average molecular weight is 807 g/mol. The van der Waals surface area contributed by atoms with Gasteiger partial charge in [-0.15, -0.1) is 0 Å². The van der Waals surface area contributed by atoms with Crippen LogP contribution in [0.2, 0.25) is 0 Å². The number of anilines is 2. The molecular formula is C61H46N2. The zero-order chi connectivity index (χ0) is 42.1. The van der Waals surface area contributed by atoms with Gasteiger partial charge < -0.3 is 9.47 Å². The van der Waals surface area contributed by atoms with Gasteiger partial charge in [0, 0.05) is 27.8 Å². The minimum absolute atomic E-state index is 0.0735. The second-order valence-corrected chi connectivity index (χ2v) is 16.6. The lowest BCUT2D eigenvalue weighted by atomic mass is 9.87. The summed E-state index contributed by atoms with van der Waals surface area (Å²) in [7, 11) is 0. The van der Waals surface area contributed by atoms with Gasteiger partial charge in [-0.05, 0) is 122 Å². The fraction of sp³-hybridized carbons (Fsp3) is 0.0492. The largest absolute Gasteiger partial charge is 0.334 e. The third-order valence-corrected chi connectivity index (χ3v) is 12.7. The summed E-state index contributed by atoms with van der Waals surface area (Å²) in [6.07, 6.45) is 7.19. The Morgan fingerprint density at radius 1 is 0.397 bits per heavy atom. The van der Waals surface area contributed by atoms with Gasteiger partial charge in [0.1, 0.15) is 0 Å². The number of rotatable bonds is 9. The molecule has 0 saturated heterocycles. The molecule has 2 atom stereocenters. The van der Waals surface area contributed by atoms with Crippen LogP contribution in [0, 0.1) is 5.92 Å². The van der Waals surface area contributed by atoms with Crippen molar-refractivity contribution in [3.05, 3.63) is 254 Å². The maximum Gasteiger partial charge on any atom is 0.0585 e. The lowest BCUT2D eigenvalue weighted by Gasteiger charge is -2.37. The number of para-hydroxylation sites is 2. The first-order valence-corrected chi connectivity index (χ1v) is 22.0. The molecule has 1 aliphatic carbocycles. The van der Waals surface area contributed by atoms with Crippen LogP contribution in [0.15, 0.2) is 249 Å². The molecule has 1 heterocycles. The molecular weight excluding hydrogens is 761 g/mol. The monoisotopic (exact) mass is 806 g/mol. The predicted molar refractivity (Wildman–Crippen MR) is 268 cm³/mol. The first-order chi connectivity index (χ1) is 31.2. The third kappa shape index (κ3) is 7.26. The van der Waals surface area contributed by atoms with Crippen LogP contribution in [0.25, 0.3) is 77.6 Å². The van der Waals surface area contributed by atoms with E-state index in [1.165, 1.54) is 77.5 Å². The number of nitrogens with zero attached hydrogens (tertiary/aromatic N) is 2. The third-order valence-electron chi connectivity index (χ3n) is 12.7. The molecule has 0 amide bonds. The lowest BCUT2D eigenvalue weighted by Crippen LogP contribution is -2.35. The van der Waals surface area contributed by atoms with E-state index in [0.717, 1.165) is 17.1 Å². The minimum atomic E-state index is 0.0735. The molecule has 63 heavy (non-hydrogen) atoms. The fourth-order valence-electron chi connectivity index (χ4n) is 9.59. The molecule has 0 bridgehead atoms. The highest BCUT2D eigenvalue weighted by Crippen LogP contribution is 2.42. The summed E-state index contributed by atoms with van der Waals surface area (Å²) in [5, 5.41) is 2.51. The van der Waals surface area contributed by atoms with E-state index in [4.69, 9.17) is 0 Å². The summed E-state index contributed by atoms with van der Waals surface area (Å²) in [6.45, 7) is 2.36. The van der Waals surface area contributed by atoms with E-state index < -0.39 is 0 Å². The van der Waals surface area contributed by atoms with Crippen LogP contribution in [0.3, 0.4) is 0 Å². The summed E-state index contributed by atoms with van der Waals surface area (Å²) >= 11 is 0. The Kier molecular flexibility index (Phi) is 9.95. The Labute approximate surface area is 370 Å². The van der Waals surface area contributed by atoms with E-state index in [1.54, 1.807) is 0 Å². The van der Waals surface area contributed by atoms with Crippen LogP contribution in [0.1, 0.15) is 12.5 Å². The molecule has 1 aromatic heterocycles. The molecule has 1 aliphatic rings. The minimum Gasteiger partial charge on any atom is -0.334 e. The molecule has 2 heteroatoms. The number of benzene rings is 9. The van der Waals surface area contributed by atoms with Gasteiger partial charge in [-0.25, -0.2) is 0 Å². The van der Waals surface area contributed by atoms with Crippen LogP contribution < -0.4 is 4.90 Å². The van der Waals surface area contributed by atoms with Gasteiger partial charge in [-0.1, -0.05) is 195 Å². The van der Waals surface area contributed by atoms with Gasteiger partial charge in [0.15, 0.2) is 0 Å². The molecule has 0 N–H and O–H groups in total. The number of fused-ring (bicyclic) bond motifs is 3. The van der Waals surface area contributed by atoms with E-state index in [1.807, 2.05) is 0 Å². The SMILES string of the molecule is CC1C=C(c2cccc(-c3ccccc3)c2)C=CC1N(c1ccc(-c2cccc(-c3ccccc3)c2)cc1)c1cccc(-c2cccc3c2c2ccccc2n3-c2ccccc2)c1. The molecule has 0 aliphatic heterocycles. The van der Waals surface area contributed by atoms with E-state index >= 15 is 0 Å². The topological polar surface area (TPSA) is 8.17 Å². The Bertz CT molecular complexity index is 3280. The zero-order valence-corrected chi connectivity index (χ0v) is 35.2. The van der Waals surface area contributed by atoms with Crippen molar-refractivity contribution in [3.8, 4) is 50.2 Å². The van der Waals surface area contributed by atoms with Gasteiger partial charge >= 0.3 is 0 Å². The molecule has 0 fully saturated rings.